The number of nitrogens with zero attached hydrogens (tertiary/aromatic N) is 1. The Kier molecular flexibility index (Phi) is 3.78. The van der Waals surface area contributed by atoms with Crippen LogP contribution < -0.4 is 5.73 Å². The van der Waals surface area contributed by atoms with Gasteiger partial charge in [-0.25, -0.2) is 0 Å². The van der Waals surface area contributed by atoms with E-state index in [0.29, 0.717) is 12.0 Å². The number of rotatable bonds is 4. The van der Waals surface area contributed by atoms with Crippen molar-refractivity contribution >= 4 is 0 Å². The second kappa shape index (κ2) is 5.10. The lowest BCUT2D eigenvalue weighted by molar-refractivity contribution is 0.152. The third-order valence-corrected chi connectivity index (χ3v) is 3.47. The molecule has 2 rings (SSSR count). The molecule has 1 aliphatic carbocycles. The standard InChI is InChI=1S/C12H22N2O/c1-15-9-11-4-5-14(8-11)7-10-2-3-12(13)6-10/h2-3,10-12H,4-9,13H2,1H3. The lowest BCUT2D eigenvalue weighted by Gasteiger charge is -2.19. The largest absolute Gasteiger partial charge is 0.384 e. The zero-order valence-corrected chi connectivity index (χ0v) is 9.56. The molecule has 0 spiro atoms. The van der Waals surface area contributed by atoms with Crippen molar-refractivity contribution in [1.29, 1.82) is 0 Å². The Morgan fingerprint density at radius 3 is 3.00 bits per heavy atom. The lowest BCUT2D eigenvalue weighted by atomic mass is 10.1. The second-order valence-corrected chi connectivity index (χ2v) is 4.91. The Morgan fingerprint density at radius 1 is 1.47 bits per heavy atom. The van der Waals surface area contributed by atoms with Crippen molar-refractivity contribution in [2.24, 2.45) is 17.6 Å². The maximum atomic E-state index is 5.85. The molecule has 2 aliphatic rings. The van der Waals surface area contributed by atoms with Crippen molar-refractivity contribution < 1.29 is 4.74 Å². The van der Waals surface area contributed by atoms with E-state index in [-0.39, 0.29) is 0 Å². The molecule has 1 saturated heterocycles. The summed E-state index contributed by atoms with van der Waals surface area (Å²) in [5, 5.41) is 0. The predicted molar refractivity (Wildman–Crippen MR) is 61.6 cm³/mol. The third kappa shape index (κ3) is 3.03. The van der Waals surface area contributed by atoms with Crippen molar-refractivity contribution in [3.05, 3.63) is 12.2 Å². The summed E-state index contributed by atoms with van der Waals surface area (Å²) in [7, 11) is 1.79. The molecule has 3 atom stereocenters. The van der Waals surface area contributed by atoms with Gasteiger partial charge in [0.05, 0.1) is 6.61 Å². The van der Waals surface area contributed by atoms with E-state index in [1.54, 1.807) is 7.11 Å². The molecule has 0 radical (unpaired) electrons. The molecular weight excluding hydrogens is 188 g/mol. The fourth-order valence-electron chi connectivity index (χ4n) is 2.72. The van der Waals surface area contributed by atoms with Crippen molar-refractivity contribution in [2.75, 3.05) is 33.4 Å². The summed E-state index contributed by atoms with van der Waals surface area (Å²) in [6, 6.07) is 0.298. The Hall–Kier alpha value is -0.380. The zero-order valence-electron chi connectivity index (χ0n) is 9.56. The first-order valence-electron chi connectivity index (χ1n) is 5.93. The van der Waals surface area contributed by atoms with Crippen LogP contribution in [0.15, 0.2) is 12.2 Å². The van der Waals surface area contributed by atoms with Crippen LogP contribution in [0, 0.1) is 11.8 Å². The highest BCUT2D eigenvalue weighted by atomic mass is 16.5. The van der Waals surface area contributed by atoms with Crippen LogP contribution in [0.3, 0.4) is 0 Å². The molecule has 0 bridgehead atoms. The molecule has 1 heterocycles. The van der Waals surface area contributed by atoms with E-state index in [0.717, 1.165) is 18.9 Å². The highest BCUT2D eigenvalue weighted by molar-refractivity contribution is 5.05. The van der Waals surface area contributed by atoms with Gasteiger partial charge in [0.1, 0.15) is 0 Å². The zero-order chi connectivity index (χ0) is 10.7. The van der Waals surface area contributed by atoms with Crippen molar-refractivity contribution in [3.63, 3.8) is 0 Å². The first kappa shape index (κ1) is 11.1. The smallest absolute Gasteiger partial charge is 0.0503 e. The number of nitrogens with two attached hydrogens (primary N) is 1. The maximum absolute atomic E-state index is 5.85. The van der Waals surface area contributed by atoms with Gasteiger partial charge in [0.2, 0.25) is 0 Å². The summed E-state index contributed by atoms with van der Waals surface area (Å²) in [5.41, 5.74) is 5.85. The van der Waals surface area contributed by atoms with E-state index < -0.39 is 0 Å². The van der Waals surface area contributed by atoms with Crippen LogP contribution in [-0.4, -0.2) is 44.3 Å². The van der Waals surface area contributed by atoms with Crippen LogP contribution in [0.4, 0.5) is 0 Å². The monoisotopic (exact) mass is 210 g/mol. The molecule has 15 heavy (non-hydrogen) atoms. The normalized spacial score (nSPS) is 36.5. The highest BCUT2D eigenvalue weighted by Gasteiger charge is 2.25. The van der Waals surface area contributed by atoms with E-state index in [2.05, 4.69) is 17.1 Å². The average molecular weight is 210 g/mol. The van der Waals surface area contributed by atoms with Gasteiger partial charge >= 0.3 is 0 Å². The Labute approximate surface area is 92.3 Å². The summed E-state index contributed by atoms with van der Waals surface area (Å²) in [5.74, 6) is 1.43. The molecule has 0 aromatic carbocycles. The van der Waals surface area contributed by atoms with Gasteiger partial charge in [-0.2, -0.15) is 0 Å². The topological polar surface area (TPSA) is 38.5 Å². The van der Waals surface area contributed by atoms with E-state index in [1.807, 2.05) is 0 Å². The third-order valence-electron chi connectivity index (χ3n) is 3.47. The Bertz CT molecular complexity index is 230. The number of hydrogen-bond donors (Lipinski definition) is 1. The highest BCUT2D eigenvalue weighted by Crippen LogP contribution is 2.22. The van der Waals surface area contributed by atoms with Crippen LogP contribution in [0.2, 0.25) is 0 Å². The molecule has 1 aliphatic heterocycles. The van der Waals surface area contributed by atoms with Crippen molar-refractivity contribution in [3.8, 4) is 0 Å². The second-order valence-electron chi connectivity index (χ2n) is 4.91. The van der Waals surface area contributed by atoms with Gasteiger partial charge in [-0.15, -0.1) is 0 Å². The minimum atomic E-state index is 0.298. The van der Waals surface area contributed by atoms with Gasteiger partial charge in [0.25, 0.3) is 0 Å². The summed E-state index contributed by atoms with van der Waals surface area (Å²) < 4.78 is 5.20. The molecule has 1 fully saturated rings. The number of methoxy groups -OCH3 is 1. The maximum Gasteiger partial charge on any atom is 0.0503 e. The summed E-state index contributed by atoms with van der Waals surface area (Å²) >= 11 is 0. The summed E-state index contributed by atoms with van der Waals surface area (Å²) in [4.78, 5) is 2.55. The van der Waals surface area contributed by atoms with Crippen LogP contribution in [0.25, 0.3) is 0 Å². The van der Waals surface area contributed by atoms with Gasteiger partial charge in [-0.3, -0.25) is 0 Å². The molecule has 3 nitrogen and oxygen atoms in total. The lowest BCUT2D eigenvalue weighted by Crippen LogP contribution is -2.28. The van der Waals surface area contributed by atoms with E-state index >= 15 is 0 Å². The fraction of sp³-hybridized carbons (Fsp3) is 0.833. The van der Waals surface area contributed by atoms with Gasteiger partial charge in [-0.05, 0) is 31.2 Å². The summed E-state index contributed by atoms with van der Waals surface area (Å²) in [6.45, 7) is 4.53. The summed E-state index contributed by atoms with van der Waals surface area (Å²) in [6.07, 6.45) is 6.85. The van der Waals surface area contributed by atoms with Gasteiger partial charge in [0.15, 0.2) is 0 Å². The number of hydrogen-bond acceptors (Lipinski definition) is 3. The Morgan fingerprint density at radius 2 is 2.33 bits per heavy atom. The molecule has 0 amide bonds. The Balaban J connectivity index is 1.71. The van der Waals surface area contributed by atoms with Crippen LogP contribution in [0.5, 0.6) is 0 Å². The molecule has 86 valence electrons. The minimum Gasteiger partial charge on any atom is -0.384 e. The van der Waals surface area contributed by atoms with Gasteiger partial charge < -0.3 is 15.4 Å². The van der Waals surface area contributed by atoms with E-state index in [1.165, 1.54) is 26.1 Å². The SMILES string of the molecule is COCC1CCN(CC2C=CC(N)C2)C1. The average Bonchev–Trinajstić information content (AvgIpc) is 2.78. The first-order valence-corrected chi connectivity index (χ1v) is 5.93. The number of likely N-dealkylation sites (tertiary alicyclic amines) is 1. The molecular formula is C12H22N2O. The minimum absolute atomic E-state index is 0.298. The van der Waals surface area contributed by atoms with Crippen LogP contribution >= 0.6 is 0 Å². The molecule has 0 aromatic rings. The van der Waals surface area contributed by atoms with Crippen molar-refractivity contribution in [1.82, 2.24) is 4.90 Å². The molecule has 0 aromatic heterocycles. The van der Waals surface area contributed by atoms with Gasteiger partial charge in [0, 0.05) is 26.2 Å². The molecule has 3 unspecified atom stereocenters. The first-order chi connectivity index (χ1) is 7.28. The fourth-order valence-corrected chi connectivity index (χ4v) is 2.72. The van der Waals surface area contributed by atoms with Crippen LogP contribution in [-0.2, 0) is 4.74 Å². The number of ether oxygens (including phenoxy) is 1. The predicted octanol–water partition coefficient (Wildman–Crippen LogP) is 0.858. The molecule has 2 N–H and O–H groups in total. The van der Waals surface area contributed by atoms with E-state index in [9.17, 15) is 0 Å². The van der Waals surface area contributed by atoms with Crippen molar-refractivity contribution in [2.45, 2.75) is 18.9 Å². The van der Waals surface area contributed by atoms with Crippen LogP contribution in [0.1, 0.15) is 12.8 Å². The van der Waals surface area contributed by atoms with Gasteiger partial charge in [-0.1, -0.05) is 12.2 Å². The van der Waals surface area contributed by atoms with E-state index in [4.69, 9.17) is 10.5 Å². The molecule has 3 heteroatoms. The molecule has 0 saturated carbocycles. The quantitative estimate of drug-likeness (QED) is 0.699.